The quantitative estimate of drug-likeness (QED) is 0.792. The minimum absolute atomic E-state index is 0.116. The smallest absolute Gasteiger partial charge is 0.258 e. The standard InChI is InChI=1S/C22H26N2O/c1-23(2)20-12-13-21-18(14-20)15-24(22(21)25)19-10-8-17(9-11-19)16-6-4-3-5-7-16/h8-14,16H,3-7,15H2,1-2H3. The average molecular weight is 334 g/mol. The van der Waals surface area contributed by atoms with Crippen molar-refractivity contribution in [2.24, 2.45) is 0 Å². The largest absolute Gasteiger partial charge is 0.378 e. The molecule has 4 rings (SSSR count). The van der Waals surface area contributed by atoms with Crippen molar-refractivity contribution in [3.05, 3.63) is 59.2 Å². The van der Waals surface area contributed by atoms with Crippen LogP contribution in [-0.2, 0) is 6.54 Å². The van der Waals surface area contributed by atoms with Crippen LogP contribution in [0.1, 0.15) is 59.5 Å². The monoisotopic (exact) mass is 334 g/mol. The zero-order chi connectivity index (χ0) is 17.4. The summed E-state index contributed by atoms with van der Waals surface area (Å²) >= 11 is 0. The highest BCUT2D eigenvalue weighted by molar-refractivity contribution is 6.10. The van der Waals surface area contributed by atoms with Crippen molar-refractivity contribution in [3.63, 3.8) is 0 Å². The second-order valence-electron chi connectivity index (χ2n) is 7.55. The van der Waals surface area contributed by atoms with Crippen molar-refractivity contribution < 1.29 is 4.79 Å². The minimum Gasteiger partial charge on any atom is -0.378 e. The Morgan fingerprint density at radius 2 is 1.68 bits per heavy atom. The molecule has 1 aliphatic heterocycles. The Bertz CT molecular complexity index is 773. The van der Waals surface area contributed by atoms with E-state index < -0.39 is 0 Å². The van der Waals surface area contributed by atoms with Crippen molar-refractivity contribution in [1.29, 1.82) is 0 Å². The van der Waals surface area contributed by atoms with Crippen molar-refractivity contribution in [2.45, 2.75) is 44.6 Å². The highest BCUT2D eigenvalue weighted by Gasteiger charge is 2.29. The molecule has 3 heteroatoms. The van der Waals surface area contributed by atoms with Gasteiger partial charge in [-0.3, -0.25) is 4.79 Å². The van der Waals surface area contributed by atoms with E-state index in [9.17, 15) is 4.79 Å². The number of hydrogen-bond donors (Lipinski definition) is 0. The highest BCUT2D eigenvalue weighted by Crippen LogP contribution is 2.35. The van der Waals surface area contributed by atoms with E-state index in [-0.39, 0.29) is 5.91 Å². The Labute approximate surface area is 150 Å². The summed E-state index contributed by atoms with van der Waals surface area (Å²) in [5.74, 6) is 0.822. The molecule has 1 fully saturated rings. The first kappa shape index (κ1) is 16.2. The molecule has 0 spiro atoms. The van der Waals surface area contributed by atoms with Crippen LogP contribution in [0, 0.1) is 0 Å². The molecule has 1 amide bonds. The van der Waals surface area contributed by atoms with Gasteiger partial charge in [0.1, 0.15) is 0 Å². The summed E-state index contributed by atoms with van der Waals surface area (Å²) in [4.78, 5) is 16.8. The zero-order valence-corrected chi connectivity index (χ0v) is 15.2. The summed E-state index contributed by atoms with van der Waals surface area (Å²) in [7, 11) is 4.06. The Kier molecular flexibility index (Phi) is 4.24. The summed E-state index contributed by atoms with van der Waals surface area (Å²) in [6, 6.07) is 14.8. The number of anilines is 2. The van der Waals surface area contributed by atoms with Crippen LogP contribution in [0.25, 0.3) is 0 Å². The molecule has 1 aliphatic carbocycles. The van der Waals surface area contributed by atoms with E-state index >= 15 is 0 Å². The SMILES string of the molecule is CN(C)c1ccc2c(c1)CN(c1ccc(C3CCCCC3)cc1)C2=O. The molecule has 1 saturated carbocycles. The maximum Gasteiger partial charge on any atom is 0.258 e. The zero-order valence-electron chi connectivity index (χ0n) is 15.2. The number of carbonyl (C=O) groups excluding carboxylic acids is 1. The van der Waals surface area contributed by atoms with Crippen molar-refractivity contribution in [3.8, 4) is 0 Å². The molecule has 0 saturated heterocycles. The van der Waals surface area contributed by atoms with Gasteiger partial charge in [-0.25, -0.2) is 0 Å². The van der Waals surface area contributed by atoms with Crippen LogP contribution in [0.5, 0.6) is 0 Å². The highest BCUT2D eigenvalue weighted by atomic mass is 16.2. The van der Waals surface area contributed by atoms with Crippen molar-refractivity contribution in [1.82, 2.24) is 0 Å². The Hall–Kier alpha value is -2.29. The fraction of sp³-hybridized carbons (Fsp3) is 0.409. The normalized spacial score (nSPS) is 17.7. The topological polar surface area (TPSA) is 23.6 Å². The van der Waals surface area contributed by atoms with Crippen molar-refractivity contribution >= 4 is 17.3 Å². The Morgan fingerprint density at radius 3 is 2.36 bits per heavy atom. The summed E-state index contributed by atoms with van der Waals surface area (Å²) in [5, 5.41) is 0. The summed E-state index contributed by atoms with van der Waals surface area (Å²) < 4.78 is 0. The van der Waals surface area contributed by atoms with E-state index in [0.717, 1.165) is 22.5 Å². The molecule has 2 aliphatic rings. The third kappa shape index (κ3) is 3.04. The molecule has 0 radical (unpaired) electrons. The van der Waals surface area contributed by atoms with Gasteiger partial charge >= 0.3 is 0 Å². The van der Waals surface area contributed by atoms with Crippen LogP contribution in [0.2, 0.25) is 0 Å². The first-order valence-electron chi connectivity index (χ1n) is 9.35. The maximum atomic E-state index is 12.8. The van der Waals surface area contributed by atoms with Crippen molar-refractivity contribution in [2.75, 3.05) is 23.9 Å². The molecule has 2 aromatic rings. The lowest BCUT2D eigenvalue weighted by Crippen LogP contribution is -2.22. The predicted molar refractivity (Wildman–Crippen MR) is 104 cm³/mol. The summed E-state index contributed by atoms with van der Waals surface area (Å²) in [6.45, 7) is 0.665. The number of hydrogen-bond acceptors (Lipinski definition) is 2. The third-order valence-corrected chi connectivity index (χ3v) is 5.69. The summed E-state index contributed by atoms with van der Waals surface area (Å²) in [6.07, 6.45) is 6.69. The van der Waals surface area contributed by atoms with E-state index in [0.29, 0.717) is 12.5 Å². The molecule has 0 bridgehead atoms. The van der Waals surface area contributed by atoms with Gasteiger partial charge in [-0.05, 0) is 60.2 Å². The van der Waals surface area contributed by atoms with Gasteiger partial charge in [0.2, 0.25) is 0 Å². The molecule has 0 atom stereocenters. The first-order valence-corrected chi connectivity index (χ1v) is 9.35. The number of rotatable bonds is 3. The Morgan fingerprint density at radius 1 is 0.960 bits per heavy atom. The number of fused-ring (bicyclic) bond motifs is 1. The molecule has 0 aromatic heterocycles. The lowest BCUT2D eigenvalue weighted by atomic mass is 9.84. The molecular formula is C22H26N2O. The number of amides is 1. The maximum absolute atomic E-state index is 12.8. The molecule has 25 heavy (non-hydrogen) atoms. The van der Waals surface area contributed by atoms with E-state index in [2.05, 4.69) is 35.2 Å². The Balaban J connectivity index is 1.55. The average Bonchev–Trinajstić information content (AvgIpc) is 2.99. The lowest BCUT2D eigenvalue weighted by molar-refractivity contribution is 0.0996. The molecule has 0 N–H and O–H groups in total. The van der Waals surface area contributed by atoms with Gasteiger partial charge in [0.25, 0.3) is 5.91 Å². The number of carbonyl (C=O) groups is 1. The van der Waals surface area contributed by atoms with E-state index in [4.69, 9.17) is 0 Å². The van der Waals surface area contributed by atoms with Crippen LogP contribution < -0.4 is 9.80 Å². The van der Waals surface area contributed by atoms with Crippen LogP contribution in [-0.4, -0.2) is 20.0 Å². The van der Waals surface area contributed by atoms with Gasteiger partial charge in [0.15, 0.2) is 0 Å². The van der Waals surface area contributed by atoms with Gasteiger partial charge in [0.05, 0.1) is 6.54 Å². The van der Waals surface area contributed by atoms with Gasteiger partial charge in [-0.2, -0.15) is 0 Å². The van der Waals surface area contributed by atoms with Crippen LogP contribution in [0.4, 0.5) is 11.4 Å². The van der Waals surface area contributed by atoms with Crippen LogP contribution >= 0.6 is 0 Å². The minimum atomic E-state index is 0.116. The first-order chi connectivity index (χ1) is 12.1. The molecule has 3 nitrogen and oxygen atoms in total. The lowest BCUT2D eigenvalue weighted by Gasteiger charge is -2.23. The van der Waals surface area contributed by atoms with Gasteiger partial charge in [-0.15, -0.1) is 0 Å². The van der Waals surface area contributed by atoms with Gasteiger partial charge in [-0.1, -0.05) is 31.4 Å². The van der Waals surface area contributed by atoms with Crippen LogP contribution in [0.15, 0.2) is 42.5 Å². The molecular weight excluding hydrogens is 308 g/mol. The third-order valence-electron chi connectivity index (χ3n) is 5.69. The number of benzene rings is 2. The fourth-order valence-electron chi connectivity index (χ4n) is 4.16. The molecule has 1 heterocycles. The fourth-order valence-corrected chi connectivity index (χ4v) is 4.16. The second kappa shape index (κ2) is 6.55. The molecule has 130 valence electrons. The predicted octanol–water partition coefficient (Wildman–Crippen LogP) is 4.96. The molecule has 2 aromatic carbocycles. The van der Waals surface area contributed by atoms with Gasteiger partial charge < -0.3 is 9.80 Å². The van der Waals surface area contributed by atoms with E-state index in [1.807, 2.05) is 31.1 Å². The second-order valence-corrected chi connectivity index (χ2v) is 7.55. The van der Waals surface area contributed by atoms with E-state index in [1.165, 1.54) is 37.7 Å². The van der Waals surface area contributed by atoms with E-state index in [1.54, 1.807) is 0 Å². The number of nitrogens with zero attached hydrogens (tertiary/aromatic N) is 2. The molecule has 0 unspecified atom stereocenters. The van der Waals surface area contributed by atoms with Crippen LogP contribution in [0.3, 0.4) is 0 Å². The summed E-state index contributed by atoms with van der Waals surface area (Å²) in [5.41, 5.74) is 5.53. The van der Waals surface area contributed by atoms with Gasteiger partial charge in [0, 0.05) is 31.0 Å².